The van der Waals surface area contributed by atoms with Gasteiger partial charge in [-0.1, -0.05) is 69.0 Å². The van der Waals surface area contributed by atoms with Crippen LogP contribution in [0.3, 0.4) is 0 Å². The van der Waals surface area contributed by atoms with Crippen LogP contribution in [0.5, 0.6) is 0 Å². The third kappa shape index (κ3) is 5.67. The smallest absolute Gasteiger partial charge is 0.137 e. The standard InChI is InChI=1S/C21H30N.ClH/c1-3-4-5-6-7-14-19-22(2,20-15-10-8-11-16-20)21-17-12-9-13-18-21;/h8-13,15-18H,3-7,14,19H2,1-2H3;1H/q+1;/p-1. The van der Waals surface area contributed by atoms with E-state index in [1.807, 2.05) is 0 Å². The minimum absolute atomic E-state index is 0. The molecule has 0 radical (unpaired) electrons. The van der Waals surface area contributed by atoms with E-state index >= 15 is 0 Å². The van der Waals surface area contributed by atoms with E-state index in [1.54, 1.807) is 0 Å². The van der Waals surface area contributed by atoms with Crippen molar-refractivity contribution in [1.29, 1.82) is 0 Å². The highest BCUT2D eigenvalue weighted by molar-refractivity contribution is 5.57. The molecule has 126 valence electrons. The molecule has 0 atom stereocenters. The summed E-state index contributed by atoms with van der Waals surface area (Å²) in [6, 6.07) is 21.8. The number of benzene rings is 2. The van der Waals surface area contributed by atoms with Gasteiger partial charge in [-0.05, 0) is 37.1 Å². The average molecular weight is 332 g/mol. The van der Waals surface area contributed by atoms with Crippen LogP contribution in [0.15, 0.2) is 60.7 Å². The number of halogens is 1. The van der Waals surface area contributed by atoms with Crippen molar-refractivity contribution in [3.8, 4) is 0 Å². The van der Waals surface area contributed by atoms with Crippen LogP contribution in [-0.2, 0) is 0 Å². The van der Waals surface area contributed by atoms with Crippen molar-refractivity contribution in [3.63, 3.8) is 0 Å². The van der Waals surface area contributed by atoms with Crippen LogP contribution >= 0.6 is 0 Å². The molecule has 0 saturated heterocycles. The van der Waals surface area contributed by atoms with Crippen molar-refractivity contribution in [3.05, 3.63) is 60.7 Å². The first-order chi connectivity index (χ1) is 10.8. The number of quaternary nitrogens is 1. The molecule has 0 spiro atoms. The van der Waals surface area contributed by atoms with E-state index in [4.69, 9.17) is 0 Å². The van der Waals surface area contributed by atoms with E-state index in [0.717, 1.165) is 4.48 Å². The number of hydrogen-bond acceptors (Lipinski definition) is 0. The topological polar surface area (TPSA) is 0 Å². The Morgan fingerprint density at radius 2 is 1.09 bits per heavy atom. The SMILES string of the molecule is CCCCCCCC[N+](C)(c1ccccc1)c1ccccc1.[Cl-]. The molecule has 0 aliphatic rings. The maximum absolute atomic E-state index is 2.34. The van der Waals surface area contributed by atoms with Crippen molar-refractivity contribution in [2.45, 2.75) is 45.4 Å². The summed E-state index contributed by atoms with van der Waals surface area (Å²) in [4.78, 5) is 0. The lowest BCUT2D eigenvalue weighted by Gasteiger charge is -2.33. The maximum Gasteiger partial charge on any atom is 0.137 e. The molecule has 0 saturated carbocycles. The summed E-state index contributed by atoms with van der Waals surface area (Å²) in [6.45, 7) is 3.44. The highest BCUT2D eigenvalue weighted by Gasteiger charge is 2.26. The molecule has 0 aliphatic heterocycles. The van der Waals surface area contributed by atoms with Crippen LogP contribution in [0.1, 0.15) is 45.4 Å². The Labute approximate surface area is 148 Å². The summed E-state index contributed by atoms with van der Waals surface area (Å²) in [7, 11) is 2.34. The zero-order valence-corrected chi connectivity index (χ0v) is 15.3. The molecular formula is C21H30ClN. The van der Waals surface area contributed by atoms with Crippen molar-refractivity contribution in [2.24, 2.45) is 0 Å². The average Bonchev–Trinajstić information content (AvgIpc) is 2.59. The van der Waals surface area contributed by atoms with Crippen molar-refractivity contribution in [2.75, 3.05) is 13.6 Å². The Hall–Kier alpha value is -1.31. The van der Waals surface area contributed by atoms with Gasteiger partial charge in [-0.3, -0.25) is 4.48 Å². The lowest BCUT2D eigenvalue weighted by atomic mass is 10.1. The Kier molecular flexibility index (Phi) is 8.98. The molecule has 2 rings (SSSR count). The minimum atomic E-state index is 0. The lowest BCUT2D eigenvalue weighted by molar-refractivity contribution is -0.00000461. The first kappa shape index (κ1) is 19.7. The lowest BCUT2D eigenvalue weighted by Crippen LogP contribution is -3.00. The molecule has 23 heavy (non-hydrogen) atoms. The van der Waals surface area contributed by atoms with Gasteiger partial charge in [0.25, 0.3) is 0 Å². The van der Waals surface area contributed by atoms with Gasteiger partial charge in [0, 0.05) is 0 Å². The van der Waals surface area contributed by atoms with E-state index < -0.39 is 0 Å². The molecule has 2 heteroatoms. The Morgan fingerprint density at radius 1 is 0.652 bits per heavy atom. The van der Waals surface area contributed by atoms with Crippen LogP contribution in [0, 0.1) is 0 Å². The molecule has 0 fully saturated rings. The molecule has 2 aromatic carbocycles. The van der Waals surface area contributed by atoms with Gasteiger partial charge in [0.05, 0.1) is 13.6 Å². The van der Waals surface area contributed by atoms with Crippen molar-refractivity contribution in [1.82, 2.24) is 4.48 Å². The largest absolute Gasteiger partial charge is 1.00 e. The van der Waals surface area contributed by atoms with Crippen LogP contribution in [-0.4, -0.2) is 13.6 Å². The van der Waals surface area contributed by atoms with Crippen molar-refractivity contribution >= 4 is 11.4 Å². The zero-order chi connectivity index (χ0) is 15.7. The number of hydrogen-bond donors (Lipinski definition) is 0. The van der Waals surface area contributed by atoms with E-state index in [1.165, 1.54) is 56.4 Å². The molecule has 0 heterocycles. The second-order valence-corrected chi connectivity index (χ2v) is 6.35. The monoisotopic (exact) mass is 331 g/mol. The normalized spacial score (nSPS) is 11.0. The summed E-state index contributed by atoms with van der Waals surface area (Å²) in [6.07, 6.45) is 8.08. The Balaban J connectivity index is 0.00000264. The highest BCUT2D eigenvalue weighted by atomic mass is 35.5. The number of nitrogens with zero attached hydrogens (tertiary/aromatic N) is 1. The molecule has 0 aliphatic carbocycles. The van der Waals surface area contributed by atoms with Crippen molar-refractivity contribution < 1.29 is 12.4 Å². The van der Waals surface area contributed by atoms with E-state index in [0.29, 0.717) is 0 Å². The molecule has 0 aromatic heterocycles. The third-order valence-electron chi connectivity index (χ3n) is 4.61. The van der Waals surface area contributed by atoms with Crippen LogP contribution < -0.4 is 16.9 Å². The quantitative estimate of drug-likeness (QED) is 0.488. The predicted molar refractivity (Wildman–Crippen MR) is 98.5 cm³/mol. The minimum Gasteiger partial charge on any atom is -1.00 e. The first-order valence-corrected chi connectivity index (χ1v) is 8.74. The molecule has 1 nitrogen and oxygen atoms in total. The van der Waals surface area contributed by atoms with Gasteiger partial charge in [0.1, 0.15) is 11.4 Å². The molecule has 0 unspecified atom stereocenters. The fourth-order valence-electron chi connectivity index (χ4n) is 3.13. The first-order valence-electron chi connectivity index (χ1n) is 8.74. The molecule has 2 aromatic rings. The van der Waals surface area contributed by atoms with Crippen LogP contribution in [0.2, 0.25) is 0 Å². The molecule has 0 N–H and O–H groups in total. The van der Waals surface area contributed by atoms with E-state index in [9.17, 15) is 0 Å². The van der Waals surface area contributed by atoms with Gasteiger partial charge in [-0.15, -0.1) is 0 Å². The van der Waals surface area contributed by atoms with Crippen LogP contribution in [0.25, 0.3) is 0 Å². The second kappa shape index (κ2) is 10.5. The van der Waals surface area contributed by atoms with E-state index in [2.05, 4.69) is 74.6 Å². The number of unbranched alkanes of at least 4 members (excludes halogenated alkanes) is 5. The summed E-state index contributed by atoms with van der Waals surface area (Å²) in [5, 5.41) is 0. The van der Waals surface area contributed by atoms with Gasteiger partial charge in [-0.25, -0.2) is 0 Å². The van der Waals surface area contributed by atoms with Gasteiger partial charge in [-0.2, -0.15) is 0 Å². The number of para-hydroxylation sites is 2. The molecule has 0 bridgehead atoms. The maximum atomic E-state index is 2.34. The van der Waals surface area contributed by atoms with Crippen LogP contribution in [0.4, 0.5) is 11.4 Å². The summed E-state index contributed by atoms with van der Waals surface area (Å²) < 4.78 is 0.898. The van der Waals surface area contributed by atoms with Gasteiger partial charge < -0.3 is 12.4 Å². The number of rotatable bonds is 9. The Bertz CT molecular complexity index is 485. The zero-order valence-electron chi connectivity index (χ0n) is 14.5. The van der Waals surface area contributed by atoms with Gasteiger partial charge in [0.2, 0.25) is 0 Å². The predicted octanol–water partition coefficient (Wildman–Crippen LogP) is 3.32. The van der Waals surface area contributed by atoms with Gasteiger partial charge >= 0.3 is 0 Å². The third-order valence-corrected chi connectivity index (χ3v) is 4.61. The Morgan fingerprint density at radius 3 is 1.57 bits per heavy atom. The fraction of sp³-hybridized carbons (Fsp3) is 0.429. The molecular weight excluding hydrogens is 302 g/mol. The highest BCUT2D eigenvalue weighted by Crippen LogP contribution is 2.32. The second-order valence-electron chi connectivity index (χ2n) is 6.35. The fourth-order valence-corrected chi connectivity index (χ4v) is 3.13. The van der Waals surface area contributed by atoms with Gasteiger partial charge in [0.15, 0.2) is 0 Å². The summed E-state index contributed by atoms with van der Waals surface area (Å²) >= 11 is 0. The summed E-state index contributed by atoms with van der Waals surface area (Å²) in [5.74, 6) is 0. The van der Waals surface area contributed by atoms with E-state index in [-0.39, 0.29) is 12.4 Å². The summed E-state index contributed by atoms with van der Waals surface area (Å²) in [5.41, 5.74) is 2.75. The molecule has 0 amide bonds.